The normalized spacial score (nSPS) is 37.6. The van der Waals surface area contributed by atoms with Gasteiger partial charge in [0, 0.05) is 0 Å². The van der Waals surface area contributed by atoms with Gasteiger partial charge in [0.1, 0.15) is 0 Å². The van der Waals surface area contributed by atoms with E-state index in [1.54, 1.807) is 5.57 Å². The van der Waals surface area contributed by atoms with Crippen LogP contribution in [0.3, 0.4) is 0 Å². The molecule has 0 saturated heterocycles. The van der Waals surface area contributed by atoms with E-state index in [0.717, 1.165) is 24.3 Å². The first kappa shape index (κ1) is 24.7. The summed E-state index contributed by atoms with van der Waals surface area (Å²) in [5, 5.41) is 30.5. The predicted molar refractivity (Wildman–Crippen MR) is 129 cm³/mol. The van der Waals surface area contributed by atoms with Crippen molar-refractivity contribution in [3.05, 3.63) is 35.5 Å². The Morgan fingerprint density at radius 2 is 1.77 bits per heavy atom. The van der Waals surface area contributed by atoms with Gasteiger partial charge in [-0.15, -0.1) is 0 Å². The van der Waals surface area contributed by atoms with Crippen molar-refractivity contribution >= 4 is 0 Å². The monoisotopic (exact) mass is 430 g/mol. The smallest absolute Gasteiger partial charge is 0.0809 e. The van der Waals surface area contributed by atoms with Crippen molar-refractivity contribution in [1.29, 1.82) is 0 Å². The van der Waals surface area contributed by atoms with Crippen LogP contribution in [0.5, 0.6) is 0 Å². The van der Waals surface area contributed by atoms with Crippen molar-refractivity contribution in [2.45, 2.75) is 110 Å². The van der Waals surface area contributed by atoms with Gasteiger partial charge in [-0.2, -0.15) is 0 Å². The van der Waals surface area contributed by atoms with E-state index in [2.05, 4.69) is 39.5 Å². The summed E-state index contributed by atoms with van der Waals surface area (Å²) in [7, 11) is 0. The second-order valence-electron chi connectivity index (χ2n) is 11.9. The Kier molecular flexibility index (Phi) is 7.61. The molecule has 0 heterocycles. The molecule has 3 heteroatoms. The molecule has 3 saturated carbocycles. The fraction of sp³-hybridized carbons (Fsp3) is 0.786. The van der Waals surface area contributed by atoms with Gasteiger partial charge < -0.3 is 15.3 Å². The molecular weight excluding hydrogens is 384 g/mol. The van der Waals surface area contributed by atoms with Crippen LogP contribution in [0.25, 0.3) is 0 Å². The Morgan fingerprint density at radius 1 is 1.13 bits per heavy atom. The molecule has 0 aromatic carbocycles. The minimum atomic E-state index is -0.618. The van der Waals surface area contributed by atoms with E-state index in [1.807, 2.05) is 13.8 Å². The van der Waals surface area contributed by atoms with Crippen LogP contribution in [-0.2, 0) is 0 Å². The van der Waals surface area contributed by atoms with E-state index >= 15 is 0 Å². The van der Waals surface area contributed by atoms with Crippen LogP contribution >= 0.6 is 0 Å². The van der Waals surface area contributed by atoms with E-state index < -0.39 is 17.8 Å². The molecule has 0 spiro atoms. The zero-order chi connectivity index (χ0) is 23.0. The SMILES string of the molecule is C=C1[C@H](O)CC(=C/C=C2\CCC[C@@]3(C)C2CCC3[C@@H](C)[C@@H](C)CCC(C)(C)O)C[C@H]1O. The summed E-state index contributed by atoms with van der Waals surface area (Å²) >= 11 is 0. The second-order valence-corrected chi connectivity index (χ2v) is 11.9. The zero-order valence-electron chi connectivity index (χ0n) is 20.5. The maximum absolute atomic E-state index is 10.2. The highest BCUT2D eigenvalue weighted by atomic mass is 16.3. The largest absolute Gasteiger partial charge is 0.390 e. The summed E-state index contributed by atoms with van der Waals surface area (Å²) < 4.78 is 0. The second kappa shape index (κ2) is 9.53. The van der Waals surface area contributed by atoms with Gasteiger partial charge in [0.05, 0.1) is 17.8 Å². The highest BCUT2D eigenvalue weighted by Crippen LogP contribution is 2.60. The van der Waals surface area contributed by atoms with Gasteiger partial charge in [0.15, 0.2) is 0 Å². The van der Waals surface area contributed by atoms with E-state index in [4.69, 9.17) is 0 Å². The average molecular weight is 431 g/mol. The Balaban J connectivity index is 1.71. The minimum Gasteiger partial charge on any atom is -0.390 e. The van der Waals surface area contributed by atoms with Gasteiger partial charge in [-0.05, 0) is 106 Å². The van der Waals surface area contributed by atoms with E-state index in [1.165, 1.54) is 32.1 Å². The van der Waals surface area contributed by atoms with Crippen LogP contribution in [-0.4, -0.2) is 33.1 Å². The van der Waals surface area contributed by atoms with Crippen LogP contribution in [0.4, 0.5) is 0 Å². The summed E-state index contributed by atoms with van der Waals surface area (Å²) in [6.45, 7) is 15.0. The molecule has 3 rings (SSSR count). The number of hydrogen-bond donors (Lipinski definition) is 3. The number of aliphatic hydroxyl groups is 3. The van der Waals surface area contributed by atoms with Gasteiger partial charge in [0.2, 0.25) is 0 Å². The Morgan fingerprint density at radius 3 is 2.39 bits per heavy atom. The first-order chi connectivity index (χ1) is 14.4. The highest BCUT2D eigenvalue weighted by molar-refractivity contribution is 5.29. The van der Waals surface area contributed by atoms with Gasteiger partial charge >= 0.3 is 0 Å². The Labute approximate surface area is 190 Å². The molecule has 3 N–H and O–H groups in total. The lowest BCUT2D eigenvalue weighted by molar-refractivity contribution is 0.0447. The molecule has 0 radical (unpaired) electrons. The lowest BCUT2D eigenvalue weighted by Crippen LogP contribution is -2.37. The molecule has 3 nitrogen and oxygen atoms in total. The lowest BCUT2D eigenvalue weighted by atomic mass is 9.59. The highest BCUT2D eigenvalue weighted by Gasteiger charge is 2.51. The lowest BCUT2D eigenvalue weighted by Gasteiger charge is -2.45. The molecule has 176 valence electrons. The first-order valence-electron chi connectivity index (χ1n) is 12.6. The summed E-state index contributed by atoms with van der Waals surface area (Å²) in [6.07, 6.45) is 12.8. The quantitative estimate of drug-likeness (QED) is 0.456. The van der Waals surface area contributed by atoms with Crippen molar-refractivity contribution in [3.63, 3.8) is 0 Å². The third kappa shape index (κ3) is 5.54. The summed E-state index contributed by atoms with van der Waals surface area (Å²) in [6, 6.07) is 0. The van der Waals surface area contributed by atoms with Crippen LogP contribution in [0.15, 0.2) is 35.5 Å². The molecule has 3 aliphatic carbocycles. The number of hydrogen-bond acceptors (Lipinski definition) is 3. The zero-order valence-corrected chi connectivity index (χ0v) is 20.5. The third-order valence-corrected chi connectivity index (χ3v) is 9.08. The van der Waals surface area contributed by atoms with Crippen molar-refractivity contribution in [2.24, 2.45) is 29.1 Å². The van der Waals surface area contributed by atoms with Gasteiger partial charge in [-0.1, -0.05) is 50.6 Å². The van der Waals surface area contributed by atoms with E-state index in [9.17, 15) is 15.3 Å². The van der Waals surface area contributed by atoms with Crippen molar-refractivity contribution < 1.29 is 15.3 Å². The predicted octanol–water partition coefficient (Wildman–Crippen LogP) is 5.95. The van der Waals surface area contributed by atoms with Crippen molar-refractivity contribution in [2.75, 3.05) is 0 Å². The summed E-state index contributed by atoms with van der Waals surface area (Å²) in [5.41, 5.74) is 3.06. The fourth-order valence-corrected chi connectivity index (χ4v) is 6.81. The number of aliphatic hydroxyl groups excluding tert-OH is 2. The van der Waals surface area contributed by atoms with Gasteiger partial charge in [-0.25, -0.2) is 0 Å². The number of allylic oxidation sites excluding steroid dienone is 3. The molecule has 0 aromatic rings. The first-order valence-corrected chi connectivity index (χ1v) is 12.6. The molecular formula is C28H46O3. The number of fused-ring (bicyclic) bond motifs is 1. The van der Waals surface area contributed by atoms with Crippen LogP contribution < -0.4 is 0 Å². The fourth-order valence-electron chi connectivity index (χ4n) is 6.81. The maximum atomic E-state index is 10.2. The van der Waals surface area contributed by atoms with Crippen LogP contribution in [0.1, 0.15) is 92.4 Å². The van der Waals surface area contributed by atoms with E-state index in [0.29, 0.717) is 41.6 Å². The molecule has 3 fully saturated rings. The van der Waals surface area contributed by atoms with Crippen LogP contribution in [0.2, 0.25) is 0 Å². The molecule has 0 amide bonds. The minimum absolute atomic E-state index is 0.366. The van der Waals surface area contributed by atoms with Crippen molar-refractivity contribution in [1.82, 2.24) is 0 Å². The topological polar surface area (TPSA) is 60.7 Å². The van der Waals surface area contributed by atoms with Crippen molar-refractivity contribution in [3.8, 4) is 0 Å². The molecule has 31 heavy (non-hydrogen) atoms. The Bertz CT molecular complexity index is 696. The standard InChI is InChI=1S/C28H46O3/c1-18(13-15-27(4,5)31)19(2)23-11-12-24-22(8-7-14-28(23,24)6)10-9-21-16-25(29)20(3)26(30)17-21/h9-10,18-19,23-26,29-31H,3,7-8,11-17H2,1-2,4-6H3/b22-10+/t18-,19-,23?,24?,25+,26+,28+/m0/s1. The van der Waals surface area contributed by atoms with Gasteiger partial charge in [0.25, 0.3) is 0 Å². The third-order valence-electron chi connectivity index (χ3n) is 9.08. The molecule has 2 unspecified atom stereocenters. The summed E-state index contributed by atoms with van der Waals surface area (Å²) in [4.78, 5) is 0. The molecule has 7 atom stereocenters. The molecule has 3 aliphatic rings. The Hall–Kier alpha value is -0.900. The van der Waals surface area contributed by atoms with E-state index in [-0.39, 0.29) is 0 Å². The number of rotatable bonds is 6. The average Bonchev–Trinajstić information content (AvgIpc) is 3.04. The summed E-state index contributed by atoms with van der Waals surface area (Å²) in [5.74, 6) is 2.69. The molecule has 0 aromatic heterocycles. The van der Waals surface area contributed by atoms with Crippen LogP contribution in [0, 0.1) is 29.1 Å². The van der Waals surface area contributed by atoms with Gasteiger partial charge in [-0.3, -0.25) is 0 Å². The molecule has 0 bridgehead atoms. The maximum Gasteiger partial charge on any atom is 0.0809 e. The molecule has 0 aliphatic heterocycles.